The molecule has 2 rings (SSSR count). The zero-order chi connectivity index (χ0) is 12.6. The third kappa shape index (κ3) is 3.70. The van der Waals surface area contributed by atoms with Crippen molar-refractivity contribution in [2.75, 3.05) is 19.7 Å². The first kappa shape index (κ1) is 12.8. The Morgan fingerprint density at radius 1 is 1.22 bits per heavy atom. The van der Waals surface area contributed by atoms with Crippen LogP contribution in [0.3, 0.4) is 0 Å². The second kappa shape index (κ2) is 6.97. The first-order valence-electron chi connectivity index (χ1n) is 6.58. The van der Waals surface area contributed by atoms with Gasteiger partial charge in [-0.25, -0.2) is 0 Å². The van der Waals surface area contributed by atoms with Crippen molar-refractivity contribution in [2.45, 2.75) is 19.8 Å². The molecule has 3 heteroatoms. The van der Waals surface area contributed by atoms with Crippen LogP contribution in [0, 0.1) is 0 Å². The third-order valence-corrected chi connectivity index (χ3v) is 2.83. The van der Waals surface area contributed by atoms with Crippen LogP contribution >= 0.6 is 0 Å². The Hall–Kier alpha value is -1.61. The summed E-state index contributed by atoms with van der Waals surface area (Å²) in [5.41, 5.74) is 0.981. The molecule has 0 atom stereocenters. The SMILES string of the molecule is CCCCNCCOc1ccc2cccnc2c1. The zero-order valence-corrected chi connectivity index (χ0v) is 10.9. The van der Waals surface area contributed by atoms with Crippen molar-refractivity contribution in [3.05, 3.63) is 36.5 Å². The number of nitrogens with zero attached hydrogens (tertiary/aromatic N) is 1. The standard InChI is InChI=1S/C15H20N2O/c1-2-3-8-16-10-11-18-14-7-6-13-5-4-9-17-15(13)12-14/h4-7,9,12,16H,2-3,8,10-11H2,1H3. The molecule has 1 heterocycles. The van der Waals surface area contributed by atoms with E-state index in [1.165, 1.54) is 12.8 Å². The largest absolute Gasteiger partial charge is 0.492 e. The number of rotatable bonds is 7. The second-order valence-electron chi connectivity index (χ2n) is 4.31. The number of nitrogens with one attached hydrogen (secondary N) is 1. The predicted octanol–water partition coefficient (Wildman–Crippen LogP) is 3.00. The Kier molecular flexibility index (Phi) is 4.97. The molecule has 1 aromatic heterocycles. The first-order chi connectivity index (χ1) is 8.90. The highest BCUT2D eigenvalue weighted by molar-refractivity contribution is 5.79. The van der Waals surface area contributed by atoms with Gasteiger partial charge in [0.2, 0.25) is 0 Å². The summed E-state index contributed by atoms with van der Waals surface area (Å²) in [5.74, 6) is 0.887. The minimum absolute atomic E-state index is 0.696. The molecule has 0 saturated carbocycles. The van der Waals surface area contributed by atoms with Crippen molar-refractivity contribution >= 4 is 10.9 Å². The van der Waals surface area contributed by atoms with E-state index in [-0.39, 0.29) is 0 Å². The minimum Gasteiger partial charge on any atom is -0.492 e. The molecule has 0 spiro atoms. The van der Waals surface area contributed by atoms with Crippen LogP contribution in [0.2, 0.25) is 0 Å². The van der Waals surface area contributed by atoms with Crippen LogP contribution in [-0.4, -0.2) is 24.7 Å². The summed E-state index contributed by atoms with van der Waals surface area (Å²) in [6.45, 7) is 4.85. The predicted molar refractivity (Wildman–Crippen MR) is 75.0 cm³/mol. The third-order valence-electron chi connectivity index (χ3n) is 2.83. The molecule has 0 amide bonds. The summed E-state index contributed by atoms with van der Waals surface area (Å²) >= 11 is 0. The van der Waals surface area contributed by atoms with Crippen LogP contribution in [-0.2, 0) is 0 Å². The van der Waals surface area contributed by atoms with E-state index in [0.717, 1.165) is 29.7 Å². The van der Waals surface area contributed by atoms with E-state index in [2.05, 4.69) is 23.3 Å². The summed E-state index contributed by atoms with van der Waals surface area (Å²) in [6, 6.07) is 10.0. The smallest absolute Gasteiger partial charge is 0.121 e. The summed E-state index contributed by atoms with van der Waals surface area (Å²) < 4.78 is 5.69. The molecule has 0 saturated heterocycles. The number of hydrogen-bond acceptors (Lipinski definition) is 3. The highest BCUT2D eigenvalue weighted by atomic mass is 16.5. The van der Waals surface area contributed by atoms with E-state index >= 15 is 0 Å². The molecule has 2 aromatic rings. The van der Waals surface area contributed by atoms with Crippen molar-refractivity contribution < 1.29 is 4.74 Å². The van der Waals surface area contributed by atoms with E-state index < -0.39 is 0 Å². The van der Waals surface area contributed by atoms with Gasteiger partial charge in [0.1, 0.15) is 12.4 Å². The summed E-state index contributed by atoms with van der Waals surface area (Å²) in [6.07, 6.45) is 4.25. The van der Waals surface area contributed by atoms with Crippen molar-refractivity contribution in [1.82, 2.24) is 10.3 Å². The highest BCUT2D eigenvalue weighted by Crippen LogP contribution is 2.18. The lowest BCUT2D eigenvalue weighted by molar-refractivity contribution is 0.314. The maximum atomic E-state index is 5.69. The minimum atomic E-state index is 0.696. The van der Waals surface area contributed by atoms with Crippen molar-refractivity contribution in [2.24, 2.45) is 0 Å². The number of benzene rings is 1. The maximum Gasteiger partial charge on any atom is 0.121 e. The first-order valence-corrected chi connectivity index (χ1v) is 6.58. The van der Waals surface area contributed by atoms with Crippen molar-refractivity contribution in [3.63, 3.8) is 0 Å². The lowest BCUT2D eigenvalue weighted by Crippen LogP contribution is -2.21. The highest BCUT2D eigenvalue weighted by Gasteiger charge is 1.97. The van der Waals surface area contributed by atoms with Crippen LogP contribution in [0.5, 0.6) is 5.75 Å². The number of ether oxygens (including phenoxy) is 1. The van der Waals surface area contributed by atoms with E-state index in [1.807, 2.05) is 24.3 Å². The number of fused-ring (bicyclic) bond motifs is 1. The quantitative estimate of drug-likeness (QED) is 0.760. The Morgan fingerprint density at radius 3 is 3.06 bits per heavy atom. The molecule has 1 N–H and O–H groups in total. The second-order valence-corrected chi connectivity index (χ2v) is 4.31. The van der Waals surface area contributed by atoms with Gasteiger partial charge >= 0.3 is 0 Å². The molecule has 3 nitrogen and oxygen atoms in total. The topological polar surface area (TPSA) is 34.1 Å². The van der Waals surface area contributed by atoms with Gasteiger partial charge in [-0.05, 0) is 31.2 Å². The zero-order valence-electron chi connectivity index (χ0n) is 10.9. The maximum absolute atomic E-state index is 5.69. The van der Waals surface area contributed by atoms with Crippen LogP contribution in [0.4, 0.5) is 0 Å². The van der Waals surface area contributed by atoms with Gasteiger partial charge in [-0.2, -0.15) is 0 Å². The number of hydrogen-bond donors (Lipinski definition) is 1. The van der Waals surface area contributed by atoms with E-state index in [4.69, 9.17) is 4.74 Å². The van der Waals surface area contributed by atoms with Crippen LogP contribution in [0.1, 0.15) is 19.8 Å². The van der Waals surface area contributed by atoms with Crippen LogP contribution < -0.4 is 10.1 Å². The Labute approximate surface area is 108 Å². The van der Waals surface area contributed by atoms with Gasteiger partial charge in [-0.15, -0.1) is 0 Å². The molecule has 18 heavy (non-hydrogen) atoms. The van der Waals surface area contributed by atoms with Crippen molar-refractivity contribution in [3.8, 4) is 5.75 Å². The fourth-order valence-electron chi connectivity index (χ4n) is 1.80. The van der Waals surface area contributed by atoms with E-state index in [1.54, 1.807) is 6.20 Å². The van der Waals surface area contributed by atoms with Crippen molar-refractivity contribution in [1.29, 1.82) is 0 Å². The van der Waals surface area contributed by atoms with Gasteiger partial charge in [0, 0.05) is 24.2 Å². The van der Waals surface area contributed by atoms with Crippen LogP contribution in [0.15, 0.2) is 36.5 Å². The molecular weight excluding hydrogens is 224 g/mol. The molecule has 1 aromatic carbocycles. The van der Waals surface area contributed by atoms with E-state index in [9.17, 15) is 0 Å². The molecule has 0 unspecified atom stereocenters. The fraction of sp³-hybridized carbons (Fsp3) is 0.400. The summed E-state index contributed by atoms with van der Waals surface area (Å²) in [5, 5.41) is 4.50. The molecule has 0 aliphatic rings. The lowest BCUT2D eigenvalue weighted by Gasteiger charge is -2.07. The summed E-state index contributed by atoms with van der Waals surface area (Å²) in [7, 11) is 0. The monoisotopic (exact) mass is 244 g/mol. The van der Waals surface area contributed by atoms with Gasteiger partial charge in [-0.1, -0.05) is 19.4 Å². The number of pyridine rings is 1. The lowest BCUT2D eigenvalue weighted by atomic mass is 10.2. The normalized spacial score (nSPS) is 10.7. The Bertz CT molecular complexity index is 485. The molecule has 0 aliphatic heterocycles. The molecule has 0 aliphatic carbocycles. The average Bonchev–Trinajstić information content (AvgIpc) is 2.42. The Balaban J connectivity index is 1.81. The van der Waals surface area contributed by atoms with E-state index in [0.29, 0.717) is 6.61 Å². The molecule has 96 valence electrons. The molecular formula is C15H20N2O. The number of aromatic nitrogens is 1. The molecule has 0 fully saturated rings. The Morgan fingerprint density at radius 2 is 2.17 bits per heavy atom. The molecule has 0 bridgehead atoms. The number of unbranched alkanes of at least 4 members (excludes halogenated alkanes) is 1. The average molecular weight is 244 g/mol. The fourth-order valence-corrected chi connectivity index (χ4v) is 1.80. The molecule has 0 radical (unpaired) electrons. The van der Waals surface area contributed by atoms with Gasteiger partial charge in [-0.3, -0.25) is 4.98 Å². The summed E-state index contributed by atoms with van der Waals surface area (Å²) in [4.78, 5) is 4.31. The van der Waals surface area contributed by atoms with Gasteiger partial charge < -0.3 is 10.1 Å². The van der Waals surface area contributed by atoms with Gasteiger partial charge in [0.05, 0.1) is 5.52 Å². The van der Waals surface area contributed by atoms with Crippen LogP contribution in [0.25, 0.3) is 10.9 Å². The van der Waals surface area contributed by atoms with Gasteiger partial charge in [0.25, 0.3) is 0 Å². The van der Waals surface area contributed by atoms with Gasteiger partial charge in [0.15, 0.2) is 0 Å².